The van der Waals surface area contributed by atoms with Crippen LogP contribution in [0.4, 0.5) is 5.69 Å². The molecule has 3 amide bonds. The quantitative estimate of drug-likeness (QED) is 0.773. The molecule has 31 heavy (non-hydrogen) atoms. The summed E-state index contributed by atoms with van der Waals surface area (Å²) in [7, 11) is 1.58. The molecule has 3 aliphatic heterocycles. The van der Waals surface area contributed by atoms with Gasteiger partial charge in [-0.25, -0.2) is 5.01 Å². The molecule has 0 saturated carbocycles. The van der Waals surface area contributed by atoms with Crippen molar-refractivity contribution in [3.63, 3.8) is 0 Å². The molecule has 166 valence electrons. The topological polar surface area (TPSA) is 101 Å². The third kappa shape index (κ3) is 5.15. The molecular weight excluding hydrogens is 400 g/mol. The highest BCUT2D eigenvalue weighted by Gasteiger charge is 2.29. The molecule has 9 heteroatoms. The Morgan fingerprint density at radius 1 is 1.13 bits per heavy atom. The molecule has 0 aliphatic carbocycles. The Hall–Kier alpha value is -3.10. The second-order valence-corrected chi connectivity index (χ2v) is 8.14. The fourth-order valence-electron chi connectivity index (χ4n) is 4.11. The monoisotopic (exact) mass is 428 g/mol. The standard InChI is InChI=1S/C22H28N4O5/c1-25-21(28)7-4-17(24-25)22(29)26-10-8-15(9-11-26)2-6-20(27)23-16-3-5-18-19(14-16)31-13-12-30-18/h3,5,14-15H,2,4,6-13H2,1H3,(H,23,27). The molecule has 1 aromatic carbocycles. The minimum absolute atomic E-state index is 0.0283. The maximum absolute atomic E-state index is 12.7. The van der Waals surface area contributed by atoms with E-state index in [-0.39, 0.29) is 17.7 Å². The van der Waals surface area contributed by atoms with Crippen molar-refractivity contribution >= 4 is 29.1 Å². The summed E-state index contributed by atoms with van der Waals surface area (Å²) in [4.78, 5) is 38.4. The zero-order valence-corrected chi connectivity index (χ0v) is 17.8. The number of fused-ring (bicyclic) bond motifs is 1. The fraction of sp³-hybridized carbons (Fsp3) is 0.545. The van der Waals surface area contributed by atoms with Gasteiger partial charge in [0, 0.05) is 51.2 Å². The van der Waals surface area contributed by atoms with E-state index < -0.39 is 0 Å². The number of rotatable bonds is 5. The van der Waals surface area contributed by atoms with Crippen molar-refractivity contribution in [2.75, 3.05) is 38.7 Å². The Labute approximate surface area is 181 Å². The first kappa shape index (κ1) is 21.1. The minimum Gasteiger partial charge on any atom is -0.486 e. The van der Waals surface area contributed by atoms with Crippen LogP contribution in [0.1, 0.15) is 38.5 Å². The molecule has 1 fully saturated rings. The highest BCUT2D eigenvalue weighted by Crippen LogP contribution is 2.32. The van der Waals surface area contributed by atoms with E-state index in [2.05, 4.69) is 10.4 Å². The van der Waals surface area contributed by atoms with Gasteiger partial charge in [0.15, 0.2) is 11.5 Å². The maximum atomic E-state index is 12.7. The summed E-state index contributed by atoms with van der Waals surface area (Å²) in [5.41, 5.74) is 1.16. The molecule has 1 aromatic rings. The molecule has 3 aliphatic rings. The highest BCUT2D eigenvalue weighted by atomic mass is 16.6. The van der Waals surface area contributed by atoms with Crippen molar-refractivity contribution in [3.8, 4) is 11.5 Å². The number of anilines is 1. The van der Waals surface area contributed by atoms with E-state index in [0.29, 0.717) is 74.4 Å². The third-order valence-corrected chi connectivity index (χ3v) is 5.96. The Morgan fingerprint density at radius 3 is 2.61 bits per heavy atom. The number of amides is 3. The van der Waals surface area contributed by atoms with Crippen LogP contribution in [0, 0.1) is 5.92 Å². The zero-order valence-electron chi connectivity index (χ0n) is 17.8. The van der Waals surface area contributed by atoms with Gasteiger partial charge in [-0.05, 0) is 37.3 Å². The van der Waals surface area contributed by atoms with E-state index in [1.54, 1.807) is 19.2 Å². The molecule has 0 spiro atoms. The lowest BCUT2D eigenvalue weighted by Crippen LogP contribution is -2.44. The lowest BCUT2D eigenvalue weighted by Gasteiger charge is -2.33. The smallest absolute Gasteiger partial charge is 0.270 e. The molecule has 0 bridgehead atoms. The van der Waals surface area contributed by atoms with Gasteiger partial charge in [0.1, 0.15) is 18.9 Å². The zero-order chi connectivity index (χ0) is 21.8. The summed E-state index contributed by atoms with van der Waals surface area (Å²) >= 11 is 0. The van der Waals surface area contributed by atoms with E-state index in [9.17, 15) is 14.4 Å². The SMILES string of the molecule is CN1N=C(C(=O)N2CCC(CCC(=O)Nc3ccc4c(c3)OCCO4)CC2)CCC1=O. The highest BCUT2D eigenvalue weighted by molar-refractivity contribution is 6.39. The molecular formula is C22H28N4O5. The van der Waals surface area contributed by atoms with Gasteiger partial charge >= 0.3 is 0 Å². The first-order valence-corrected chi connectivity index (χ1v) is 10.8. The van der Waals surface area contributed by atoms with Crippen molar-refractivity contribution in [1.82, 2.24) is 9.91 Å². The summed E-state index contributed by atoms with van der Waals surface area (Å²) in [5.74, 6) is 1.59. The number of carbonyl (C=O) groups is 3. The number of hydrogen-bond acceptors (Lipinski definition) is 6. The maximum Gasteiger partial charge on any atom is 0.270 e. The summed E-state index contributed by atoms with van der Waals surface area (Å²) in [6, 6.07) is 5.41. The van der Waals surface area contributed by atoms with Crippen molar-refractivity contribution in [2.45, 2.75) is 38.5 Å². The minimum atomic E-state index is -0.0749. The average molecular weight is 428 g/mol. The van der Waals surface area contributed by atoms with E-state index in [4.69, 9.17) is 9.47 Å². The fourth-order valence-corrected chi connectivity index (χ4v) is 4.11. The first-order valence-electron chi connectivity index (χ1n) is 10.8. The lowest BCUT2D eigenvalue weighted by molar-refractivity contribution is -0.131. The van der Waals surface area contributed by atoms with Gasteiger partial charge in [0.2, 0.25) is 11.8 Å². The Kier molecular flexibility index (Phi) is 6.39. The number of piperidine rings is 1. The van der Waals surface area contributed by atoms with Gasteiger partial charge in [0.05, 0.1) is 0 Å². The Bertz CT molecular complexity index is 892. The van der Waals surface area contributed by atoms with Crippen molar-refractivity contribution < 1.29 is 23.9 Å². The molecule has 0 unspecified atom stereocenters. The van der Waals surface area contributed by atoms with E-state index in [0.717, 1.165) is 19.3 Å². The number of hydrazone groups is 1. The number of ether oxygens (including phenoxy) is 2. The van der Waals surface area contributed by atoms with Crippen molar-refractivity contribution in [1.29, 1.82) is 0 Å². The van der Waals surface area contributed by atoms with Gasteiger partial charge in [-0.15, -0.1) is 0 Å². The summed E-state index contributed by atoms with van der Waals surface area (Å²) in [5, 5.41) is 8.30. The third-order valence-electron chi connectivity index (χ3n) is 5.96. The van der Waals surface area contributed by atoms with E-state index >= 15 is 0 Å². The number of benzene rings is 1. The van der Waals surface area contributed by atoms with Crippen LogP contribution in [0.2, 0.25) is 0 Å². The molecule has 4 rings (SSSR count). The second-order valence-electron chi connectivity index (χ2n) is 8.14. The molecule has 0 radical (unpaired) electrons. The van der Waals surface area contributed by atoms with Gasteiger partial charge < -0.3 is 19.7 Å². The van der Waals surface area contributed by atoms with E-state index in [1.165, 1.54) is 5.01 Å². The van der Waals surface area contributed by atoms with Crippen molar-refractivity contribution in [3.05, 3.63) is 18.2 Å². The normalized spacial score (nSPS) is 19.1. The van der Waals surface area contributed by atoms with Crippen LogP contribution >= 0.6 is 0 Å². The number of carbonyl (C=O) groups excluding carboxylic acids is 3. The molecule has 0 aromatic heterocycles. The van der Waals surface area contributed by atoms with Crippen LogP contribution in [-0.2, 0) is 14.4 Å². The number of hydrogen-bond donors (Lipinski definition) is 1. The number of likely N-dealkylation sites (tertiary alicyclic amines) is 1. The number of nitrogens with one attached hydrogen (secondary N) is 1. The van der Waals surface area contributed by atoms with Gasteiger partial charge in [-0.1, -0.05) is 0 Å². The van der Waals surface area contributed by atoms with Gasteiger partial charge in [-0.3, -0.25) is 14.4 Å². The van der Waals surface area contributed by atoms with Gasteiger partial charge in [0.25, 0.3) is 5.91 Å². The molecule has 0 atom stereocenters. The predicted octanol–water partition coefficient (Wildman–Crippen LogP) is 2.02. The van der Waals surface area contributed by atoms with Crippen LogP contribution in [0.5, 0.6) is 11.5 Å². The average Bonchev–Trinajstić information content (AvgIpc) is 2.79. The molecule has 1 saturated heterocycles. The Balaban J connectivity index is 1.20. The summed E-state index contributed by atoms with van der Waals surface area (Å²) in [6.07, 6.45) is 3.69. The summed E-state index contributed by atoms with van der Waals surface area (Å²) in [6.45, 7) is 2.36. The van der Waals surface area contributed by atoms with Crippen LogP contribution in [0.3, 0.4) is 0 Å². The first-order chi connectivity index (χ1) is 15.0. The van der Waals surface area contributed by atoms with E-state index in [1.807, 2.05) is 11.0 Å². The lowest BCUT2D eigenvalue weighted by atomic mass is 9.91. The molecule has 3 heterocycles. The second kappa shape index (κ2) is 9.36. The van der Waals surface area contributed by atoms with Crippen LogP contribution in [-0.4, -0.2) is 66.7 Å². The molecule has 9 nitrogen and oxygen atoms in total. The van der Waals surface area contributed by atoms with Crippen LogP contribution < -0.4 is 14.8 Å². The predicted molar refractivity (Wildman–Crippen MR) is 114 cm³/mol. The molecule has 1 N–H and O–H groups in total. The largest absolute Gasteiger partial charge is 0.486 e. The van der Waals surface area contributed by atoms with Gasteiger partial charge in [-0.2, -0.15) is 5.10 Å². The Morgan fingerprint density at radius 2 is 1.87 bits per heavy atom. The summed E-state index contributed by atoms with van der Waals surface area (Å²) < 4.78 is 11.0. The number of nitrogens with zero attached hydrogens (tertiary/aromatic N) is 3. The van der Waals surface area contributed by atoms with Crippen molar-refractivity contribution in [2.24, 2.45) is 11.0 Å². The van der Waals surface area contributed by atoms with Crippen LogP contribution in [0.15, 0.2) is 23.3 Å². The van der Waals surface area contributed by atoms with Crippen LogP contribution in [0.25, 0.3) is 0 Å².